The molecule has 10 rings (SSSR count). The molecular weight excluding hydrogens is 805 g/mol. The fourth-order valence-electron chi connectivity index (χ4n) is 9.98. The van der Waals surface area contributed by atoms with E-state index in [2.05, 4.69) is 244 Å². The minimum atomic E-state index is -0.199. The highest BCUT2D eigenvalue weighted by Crippen LogP contribution is 2.63. The molecule has 0 N–H and O–H groups in total. The Hall–Kier alpha value is -6.50. The van der Waals surface area contributed by atoms with Crippen LogP contribution in [0.15, 0.2) is 212 Å². The van der Waals surface area contributed by atoms with E-state index >= 15 is 0 Å². The van der Waals surface area contributed by atoms with Gasteiger partial charge in [-0.3, -0.25) is 0 Å². The first-order chi connectivity index (χ1) is 32.6. The molecule has 0 spiro atoms. The molecule has 0 amide bonds. The fourth-order valence-corrected chi connectivity index (χ4v) is 9.98. The highest BCUT2D eigenvalue weighted by Gasteiger charge is 2.55. The van der Waals surface area contributed by atoms with Gasteiger partial charge in [-0.15, -0.1) is 0 Å². The minimum Gasteiger partial charge on any atom is -0.0836 e. The van der Waals surface area contributed by atoms with Crippen molar-refractivity contribution in [2.75, 3.05) is 0 Å². The predicted octanol–water partition coefficient (Wildman–Crippen LogP) is 18.9. The maximum atomic E-state index is 2.52. The van der Waals surface area contributed by atoms with E-state index < -0.39 is 0 Å². The molecule has 0 saturated heterocycles. The summed E-state index contributed by atoms with van der Waals surface area (Å²) in [6.07, 6.45) is 19.5. The summed E-state index contributed by atoms with van der Waals surface area (Å²) >= 11 is 0. The van der Waals surface area contributed by atoms with Crippen molar-refractivity contribution < 1.29 is 0 Å². The average molecular weight is 879 g/mol. The Kier molecular flexibility index (Phi) is 17.7. The summed E-state index contributed by atoms with van der Waals surface area (Å²) in [5.74, 6) is 0. The van der Waals surface area contributed by atoms with Crippen LogP contribution in [0.4, 0.5) is 0 Å². The maximum Gasteiger partial charge on any atom is 0.0557 e. The van der Waals surface area contributed by atoms with E-state index in [1.54, 1.807) is 0 Å². The van der Waals surface area contributed by atoms with Crippen molar-refractivity contribution in [3.63, 3.8) is 0 Å². The zero-order valence-corrected chi connectivity index (χ0v) is 42.2. The summed E-state index contributed by atoms with van der Waals surface area (Å²) in [5.41, 5.74) is 21.9. The van der Waals surface area contributed by atoms with Crippen LogP contribution in [-0.2, 0) is 11.8 Å². The van der Waals surface area contributed by atoms with Gasteiger partial charge in [0, 0.05) is 5.41 Å². The molecule has 0 aromatic heterocycles. The molecule has 0 bridgehead atoms. The van der Waals surface area contributed by atoms with Gasteiger partial charge in [0.25, 0.3) is 0 Å². The van der Waals surface area contributed by atoms with Crippen molar-refractivity contribution in [3.05, 3.63) is 268 Å². The molecule has 342 valence electrons. The summed E-state index contributed by atoms with van der Waals surface area (Å²) in [6.45, 7) is 21.7. The van der Waals surface area contributed by atoms with E-state index in [4.69, 9.17) is 0 Å². The molecule has 2 unspecified atom stereocenters. The molecule has 3 aliphatic rings. The number of allylic oxidation sites excluding steroid dienone is 8. The lowest BCUT2D eigenvalue weighted by atomic mass is 9.53. The van der Waals surface area contributed by atoms with Gasteiger partial charge in [0.05, 0.1) is 5.41 Å². The van der Waals surface area contributed by atoms with Gasteiger partial charge in [0.1, 0.15) is 0 Å². The summed E-state index contributed by atoms with van der Waals surface area (Å²) < 4.78 is 0. The van der Waals surface area contributed by atoms with Crippen LogP contribution in [0.25, 0.3) is 27.8 Å². The Balaban J connectivity index is 0.000000166. The SMILES string of the molecule is CC.CC1=C(c2ccccc2C)C=CCC1.CCCc1ccc2c(c1)C(c1ccccc1C)(C1(C)C=CC=CC1)c1ccccc1-2.Cc1ccc(-c2ccc(C)cc2)cc1.Cc1ccccc1. The first-order valence-electron chi connectivity index (χ1n) is 24.8. The van der Waals surface area contributed by atoms with Gasteiger partial charge in [-0.2, -0.15) is 0 Å². The molecular formula is C67H74. The van der Waals surface area contributed by atoms with Gasteiger partial charge in [0.2, 0.25) is 0 Å². The van der Waals surface area contributed by atoms with Crippen molar-refractivity contribution in [1.29, 1.82) is 0 Å². The summed E-state index contributed by atoms with van der Waals surface area (Å²) in [5, 5.41) is 0. The molecule has 0 saturated carbocycles. The van der Waals surface area contributed by atoms with Crippen LogP contribution in [0.1, 0.15) is 116 Å². The molecule has 0 radical (unpaired) electrons. The van der Waals surface area contributed by atoms with Crippen molar-refractivity contribution in [3.8, 4) is 22.3 Å². The second kappa shape index (κ2) is 23.8. The van der Waals surface area contributed by atoms with Gasteiger partial charge < -0.3 is 0 Å². The van der Waals surface area contributed by atoms with E-state index in [0.717, 1.165) is 12.8 Å². The standard InChI is InChI=1S/C30H30.C14H14.C14H16.C7H8.C2H6/c1-4-12-23-17-18-25-24-14-7-9-16-27(24)30(28(25)21-23,26-15-8-6-13-22(26)2)29(3)19-10-5-11-20-29;1-11-3-7-13(8-4-11)14-9-5-12(2)6-10-14;1-11-7-3-5-9-13(11)14-10-6-4-8-12(14)2;1-7-5-3-2-4-6-7;1-2/h5-11,13-19,21H,4,12,20H2,1-3H3;3-10H,1-2H3;3,5-7,9-10H,4,8H2,1-2H3;2-6H,1H3;1-2H3. The van der Waals surface area contributed by atoms with Gasteiger partial charge >= 0.3 is 0 Å². The van der Waals surface area contributed by atoms with Gasteiger partial charge in [-0.05, 0) is 134 Å². The normalized spacial score (nSPS) is 17.2. The molecule has 7 aromatic carbocycles. The van der Waals surface area contributed by atoms with Crippen LogP contribution in [0.3, 0.4) is 0 Å². The monoisotopic (exact) mass is 879 g/mol. The average Bonchev–Trinajstić information content (AvgIpc) is 3.65. The topological polar surface area (TPSA) is 0 Å². The van der Waals surface area contributed by atoms with E-state index in [1.165, 1.54) is 108 Å². The number of hydrogen-bond acceptors (Lipinski definition) is 0. The molecule has 2 atom stereocenters. The number of rotatable bonds is 6. The quantitative estimate of drug-likeness (QED) is 0.156. The predicted molar refractivity (Wildman–Crippen MR) is 294 cm³/mol. The number of benzene rings is 7. The van der Waals surface area contributed by atoms with Crippen molar-refractivity contribution in [2.45, 2.75) is 107 Å². The van der Waals surface area contributed by atoms with E-state index in [9.17, 15) is 0 Å². The zero-order chi connectivity index (χ0) is 47.8. The Morgan fingerprint density at radius 3 is 1.55 bits per heavy atom. The van der Waals surface area contributed by atoms with Crippen molar-refractivity contribution in [1.82, 2.24) is 0 Å². The van der Waals surface area contributed by atoms with Crippen LogP contribution >= 0.6 is 0 Å². The minimum absolute atomic E-state index is 0.0416. The molecule has 0 nitrogen and oxygen atoms in total. The summed E-state index contributed by atoms with van der Waals surface area (Å²) in [4.78, 5) is 0. The Morgan fingerprint density at radius 2 is 1.01 bits per heavy atom. The third-order valence-electron chi connectivity index (χ3n) is 13.5. The maximum absolute atomic E-state index is 2.52. The lowest BCUT2D eigenvalue weighted by molar-refractivity contribution is 0.292. The zero-order valence-electron chi connectivity index (χ0n) is 42.2. The highest BCUT2D eigenvalue weighted by atomic mass is 14.6. The largest absolute Gasteiger partial charge is 0.0836 e. The Morgan fingerprint density at radius 1 is 0.478 bits per heavy atom. The van der Waals surface area contributed by atoms with Crippen LogP contribution in [0.5, 0.6) is 0 Å². The molecule has 0 fully saturated rings. The van der Waals surface area contributed by atoms with Crippen LogP contribution in [0.2, 0.25) is 0 Å². The third kappa shape index (κ3) is 11.6. The Bertz CT molecular complexity index is 2750. The van der Waals surface area contributed by atoms with E-state index in [0.29, 0.717) is 0 Å². The van der Waals surface area contributed by atoms with Gasteiger partial charge in [0.15, 0.2) is 0 Å². The molecule has 67 heavy (non-hydrogen) atoms. The number of hydrogen-bond donors (Lipinski definition) is 0. The first-order valence-corrected chi connectivity index (χ1v) is 24.8. The van der Waals surface area contributed by atoms with Gasteiger partial charge in [-0.25, -0.2) is 0 Å². The number of aryl methyl sites for hydroxylation is 6. The highest BCUT2D eigenvalue weighted by molar-refractivity contribution is 5.85. The van der Waals surface area contributed by atoms with Crippen molar-refractivity contribution >= 4 is 5.57 Å². The van der Waals surface area contributed by atoms with Gasteiger partial charge in [-0.1, -0.05) is 263 Å². The summed E-state index contributed by atoms with van der Waals surface area (Å²) in [7, 11) is 0. The lowest BCUT2D eigenvalue weighted by Crippen LogP contribution is -2.44. The second-order valence-corrected chi connectivity index (χ2v) is 18.5. The molecule has 0 heteroatoms. The lowest BCUT2D eigenvalue weighted by Gasteiger charge is -2.48. The van der Waals surface area contributed by atoms with Crippen LogP contribution in [0, 0.1) is 40.0 Å². The molecule has 3 aliphatic carbocycles. The summed E-state index contributed by atoms with van der Waals surface area (Å²) in [6, 6.07) is 61.5. The Labute approximate surface area is 405 Å². The number of fused-ring (bicyclic) bond motifs is 3. The first kappa shape index (κ1) is 49.9. The van der Waals surface area contributed by atoms with Crippen molar-refractivity contribution in [2.24, 2.45) is 5.41 Å². The van der Waals surface area contributed by atoms with E-state index in [-0.39, 0.29) is 10.8 Å². The third-order valence-corrected chi connectivity index (χ3v) is 13.5. The van der Waals surface area contributed by atoms with E-state index in [1.807, 2.05) is 32.0 Å². The smallest absolute Gasteiger partial charge is 0.0557 e. The molecule has 0 aliphatic heterocycles. The molecule has 7 aromatic rings. The fraction of sp³-hybridized carbons (Fsp3) is 0.254. The van der Waals surface area contributed by atoms with Crippen LogP contribution in [-0.4, -0.2) is 0 Å². The second-order valence-electron chi connectivity index (χ2n) is 18.5. The van der Waals surface area contributed by atoms with Crippen LogP contribution < -0.4 is 0 Å². The molecule has 0 heterocycles.